The molecular formula is C21H20F2N2O5S. The number of halogens is 2. The summed E-state index contributed by atoms with van der Waals surface area (Å²) in [4.78, 5) is 26.3. The number of anilines is 1. The van der Waals surface area contributed by atoms with Gasteiger partial charge in [-0.1, -0.05) is 24.3 Å². The Morgan fingerprint density at radius 3 is 2.58 bits per heavy atom. The van der Waals surface area contributed by atoms with E-state index in [9.17, 15) is 26.8 Å². The minimum atomic E-state index is -2.87. The van der Waals surface area contributed by atoms with E-state index in [-0.39, 0.29) is 36.6 Å². The van der Waals surface area contributed by atoms with Crippen molar-refractivity contribution in [1.29, 1.82) is 0 Å². The van der Waals surface area contributed by atoms with Gasteiger partial charge < -0.3 is 15.0 Å². The summed E-state index contributed by atoms with van der Waals surface area (Å²) >= 11 is 0. The van der Waals surface area contributed by atoms with E-state index in [2.05, 4.69) is 5.32 Å². The number of amides is 2. The summed E-state index contributed by atoms with van der Waals surface area (Å²) in [6, 6.07) is 11.2. The summed E-state index contributed by atoms with van der Waals surface area (Å²) < 4.78 is 53.9. The highest BCUT2D eigenvalue weighted by Gasteiger charge is 2.20. The first kappa shape index (κ1) is 22.4. The van der Waals surface area contributed by atoms with Crippen molar-refractivity contribution in [3.63, 3.8) is 0 Å². The minimum Gasteiger partial charge on any atom is -0.487 e. The number of fused-ring (bicyclic) bond motifs is 4. The van der Waals surface area contributed by atoms with Crippen molar-refractivity contribution in [2.24, 2.45) is 0 Å². The van der Waals surface area contributed by atoms with Crippen molar-refractivity contribution >= 4 is 32.7 Å². The number of likely N-dealkylation sites (N-methyl/N-ethyl adjacent to an activating group) is 1. The Hall–Kier alpha value is -3.27. The van der Waals surface area contributed by atoms with E-state index in [0.29, 0.717) is 11.3 Å². The molecule has 2 amide bonds. The number of alkyl halides is 2. The maximum atomic E-state index is 12.7. The SMILES string of the molecule is CN1Cc2cccc(c2)NC(=O)C(=S(=O)=O)Cc2cc(ccc2OCC(F)F)CC1=O. The zero-order valence-electron chi connectivity index (χ0n) is 16.6. The first-order chi connectivity index (χ1) is 14.7. The van der Waals surface area contributed by atoms with Crippen LogP contribution in [0.2, 0.25) is 0 Å². The number of ether oxygens (including phenoxy) is 1. The van der Waals surface area contributed by atoms with Gasteiger partial charge in [0.15, 0.2) is 0 Å². The number of hydrogen-bond donors (Lipinski definition) is 1. The van der Waals surface area contributed by atoms with Gasteiger partial charge in [0.05, 0.1) is 6.42 Å². The highest BCUT2D eigenvalue weighted by Crippen LogP contribution is 2.24. The van der Waals surface area contributed by atoms with Gasteiger partial charge in [0.1, 0.15) is 17.2 Å². The van der Waals surface area contributed by atoms with Crippen molar-refractivity contribution in [3.8, 4) is 5.75 Å². The Morgan fingerprint density at radius 1 is 1.10 bits per heavy atom. The van der Waals surface area contributed by atoms with Crippen LogP contribution in [0, 0.1) is 0 Å². The van der Waals surface area contributed by atoms with Crippen molar-refractivity contribution < 1.29 is 31.5 Å². The molecule has 0 atom stereocenters. The lowest BCUT2D eigenvalue weighted by atomic mass is 10.0. The molecule has 3 rings (SSSR count). The monoisotopic (exact) mass is 450 g/mol. The van der Waals surface area contributed by atoms with Crippen LogP contribution in [0.25, 0.3) is 0 Å². The average molecular weight is 450 g/mol. The van der Waals surface area contributed by atoms with E-state index in [1.54, 1.807) is 37.4 Å². The number of benzene rings is 2. The van der Waals surface area contributed by atoms with Crippen molar-refractivity contribution in [2.75, 3.05) is 19.0 Å². The molecule has 0 fully saturated rings. The summed E-state index contributed by atoms with van der Waals surface area (Å²) in [5, 5.41) is 2.54. The Balaban J connectivity index is 2.07. The molecule has 0 aromatic heterocycles. The molecule has 164 valence electrons. The van der Waals surface area contributed by atoms with E-state index in [0.717, 1.165) is 5.56 Å². The maximum Gasteiger partial charge on any atom is 0.272 e. The molecule has 7 nitrogen and oxygen atoms in total. The third-order valence-electron chi connectivity index (χ3n) is 4.68. The molecule has 0 saturated heterocycles. The first-order valence-corrected chi connectivity index (χ1v) is 10.4. The fourth-order valence-electron chi connectivity index (χ4n) is 3.18. The van der Waals surface area contributed by atoms with Crippen LogP contribution >= 0.6 is 0 Å². The smallest absolute Gasteiger partial charge is 0.272 e. The lowest BCUT2D eigenvalue weighted by Gasteiger charge is -2.19. The number of nitrogens with zero attached hydrogens (tertiary/aromatic N) is 1. The summed E-state index contributed by atoms with van der Waals surface area (Å²) in [7, 11) is -1.22. The van der Waals surface area contributed by atoms with Crippen LogP contribution in [0.5, 0.6) is 5.75 Å². The topological polar surface area (TPSA) is 92.8 Å². The number of carbonyl (C=O) groups excluding carboxylic acids is 2. The second-order valence-electron chi connectivity index (χ2n) is 7.06. The predicted molar refractivity (Wildman–Crippen MR) is 111 cm³/mol. The van der Waals surface area contributed by atoms with E-state index < -0.39 is 34.1 Å². The third-order valence-corrected chi connectivity index (χ3v) is 5.41. The van der Waals surface area contributed by atoms with Crippen molar-refractivity contribution in [2.45, 2.75) is 25.8 Å². The van der Waals surface area contributed by atoms with Crippen LogP contribution in [-0.4, -0.2) is 50.1 Å². The van der Waals surface area contributed by atoms with Crippen molar-refractivity contribution in [3.05, 3.63) is 59.2 Å². The zero-order chi connectivity index (χ0) is 22.5. The molecule has 4 bridgehead atoms. The summed E-state index contributed by atoms with van der Waals surface area (Å²) in [5.74, 6) is -0.998. The standard InChI is InChI=1S/C21H20F2N2O5S/c1-25-11-14-3-2-4-16(8-14)24-21(27)18(31(28)29)10-15-7-13(9-20(25)26)5-6-17(15)30-12-19(22)23/h2-8,19H,9-12H2,1H3,(H,24,27). The van der Waals surface area contributed by atoms with Gasteiger partial charge >= 0.3 is 0 Å². The second kappa shape index (κ2) is 9.69. The molecule has 0 unspecified atom stereocenters. The highest BCUT2D eigenvalue weighted by molar-refractivity contribution is 7.74. The molecule has 2 aromatic rings. The highest BCUT2D eigenvalue weighted by atomic mass is 32.2. The van der Waals surface area contributed by atoms with Gasteiger partial charge in [0, 0.05) is 31.3 Å². The number of hydrogen-bond acceptors (Lipinski definition) is 5. The fraction of sp³-hybridized carbons (Fsp3) is 0.286. The van der Waals surface area contributed by atoms with Crippen LogP contribution in [0.3, 0.4) is 0 Å². The van der Waals surface area contributed by atoms with Gasteiger partial charge in [-0.3, -0.25) is 9.59 Å². The largest absolute Gasteiger partial charge is 0.487 e. The van der Waals surface area contributed by atoms with E-state index in [1.807, 2.05) is 0 Å². The van der Waals surface area contributed by atoms with Crippen LogP contribution in [0.15, 0.2) is 42.5 Å². The molecule has 31 heavy (non-hydrogen) atoms. The average Bonchev–Trinajstić information content (AvgIpc) is 2.70. The van der Waals surface area contributed by atoms with Crippen LogP contribution in [0.4, 0.5) is 14.5 Å². The molecule has 1 aliphatic heterocycles. The molecule has 10 heteroatoms. The van der Waals surface area contributed by atoms with Crippen molar-refractivity contribution in [1.82, 2.24) is 4.90 Å². The summed E-state index contributed by atoms with van der Waals surface area (Å²) in [6.45, 7) is -0.599. The predicted octanol–water partition coefficient (Wildman–Crippen LogP) is 2.08. The molecular weight excluding hydrogens is 430 g/mol. The Kier molecular flexibility index (Phi) is 7.01. The quantitative estimate of drug-likeness (QED) is 0.723. The molecule has 0 aliphatic carbocycles. The van der Waals surface area contributed by atoms with E-state index >= 15 is 0 Å². The van der Waals surface area contributed by atoms with Gasteiger partial charge in [0.25, 0.3) is 12.3 Å². The minimum absolute atomic E-state index is 0.0142. The number of nitrogens with one attached hydrogen (secondary N) is 1. The third kappa shape index (κ3) is 5.88. The number of carbonyl (C=O) groups is 2. The molecule has 2 aromatic carbocycles. The maximum absolute atomic E-state index is 12.7. The van der Waals surface area contributed by atoms with Gasteiger partial charge in [-0.05, 0) is 29.3 Å². The molecule has 1 N–H and O–H groups in total. The lowest BCUT2D eigenvalue weighted by molar-refractivity contribution is -0.129. The molecule has 0 radical (unpaired) electrons. The Morgan fingerprint density at radius 2 is 1.87 bits per heavy atom. The van der Waals surface area contributed by atoms with Crippen LogP contribution in [0.1, 0.15) is 16.7 Å². The first-order valence-electron chi connectivity index (χ1n) is 9.35. The molecule has 0 spiro atoms. The number of rotatable bonds is 3. The van der Waals surface area contributed by atoms with Crippen LogP contribution < -0.4 is 10.1 Å². The normalized spacial score (nSPS) is 14.8. The van der Waals surface area contributed by atoms with Gasteiger partial charge in [0.2, 0.25) is 16.2 Å². The summed E-state index contributed by atoms with van der Waals surface area (Å²) in [6.07, 6.45) is -3.09. The van der Waals surface area contributed by atoms with Gasteiger partial charge in [-0.25, -0.2) is 8.78 Å². The Bertz CT molecular complexity index is 1140. The van der Waals surface area contributed by atoms with Gasteiger partial charge in [-0.15, -0.1) is 0 Å². The molecule has 1 aliphatic rings. The zero-order valence-corrected chi connectivity index (χ0v) is 17.4. The summed E-state index contributed by atoms with van der Waals surface area (Å²) in [5.41, 5.74) is 1.88. The second-order valence-corrected chi connectivity index (χ2v) is 8.02. The molecule has 1 heterocycles. The Labute approximate surface area is 179 Å². The van der Waals surface area contributed by atoms with Gasteiger partial charge in [-0.2, -0.15) is 8.42 Å². The van der Waals surface area contributed by atoms with E-state index in [1.165, 1.54) is 17.0 Å². The fourth-order valence-corrected chi connectivity index (χ4v) is 3.66. The van der Waals surface area contributed by atoms with E-state index in [4.69, 9.17) is 4.74 Å². The van der Waals surface area contributed by atoms with Crippen LogP contribution in [-0.2, 0) is 39.3 Å². The molecule has 0 saturated carbocycles. The lowest BCUT2D eigenvalue weighted by Crippen LogP contribution is -2.29.